The SMILES string of the molecule is C[C@@H](NC(=O)Cc1cc2c(C(F)(F)F)cccc2[nH]c1=O)c1ncc(C#N)cn1. The molecule has 3 aromatic rings. The van der Waals surface area contributed by atoms with Crippen LogP contribution in [0.2, 0.25) is 0 Å². The lowest BCUT2D eigenvalue weighted by molar-refractivity contribution is -0.136. The number of amides is 1. The average Bonchev–Trinajstić information content (AvgIpc) is 2.67. The third-order valence-corrected chi connectivity index (χ3v) is 4.19. The number of aromatic nitrogens is 3. The molecule has 0 aliphatic rings. The van der Waals surface area contributed by atoms with Gasteiger partial charge in [-0.1, -0.05) is 6.07 Å². The molecule has 0 saturated heterocycles. The van der Waals surface area contributed by atoms with Gasteiger partial charge in [0, 0.05) is 28.9 Å². The summed E-state index contributed by atoms with van der Waals surface area (Å²) >= 11 is 0. The molecule has 1 atom stereocenters. The molecule has 10 heteroatoms. The molecular formula is C19H14F3N5O2. The van der Waals surface area contributed by atoms with Crippen molar-refractivity contribution < 1.29 is 18.0 Å². The molecule has 3 rings (SSSR count). The molecule has 0 aliphatic carbocycles. The highest BCUT2D eigenvalue weighted by Gasteiger charge is 2.32. The van der Waals surface area contributed by atoms with Crippen molar-refractivity contribution >= 4 is 16.8 Å². The second kappa shape index (κ2) is 7.71. The molecule has 1 aromatic carbocycles. The lowest BCUT2D eigenvalue weighted by Gasteiger charge is -2.13. The van der Waals surface area contributed by atoms with Gasteiger partial charge in [0.05, 0.1) is 23.6 Å². The highest BCUT2D eigenvalue weighted by atomic mass is 19.4. The first-order valence-electron chi connectivity index (χ1n) is 8.42. The number of rotatable bonds is 4. The molecule has 0 saturated carbocycles. The van der Waals surface area contributed by atoms with E-state index >= 15 is 0 Å². The number of hydrogen-bond donors (Lipinski definition) is 2. The zero-order chi connectivity index (χ0) is 21.2. The van der Waals surface area contributed by atoms with E-state index in [0.717, 1.165) is 12.1 Å². The number of carbonyl (C=O) groups excluding carboxylic acids is 1. The number of alkyl halides is 3. The maximum Gasteiger partial charge on any atom is 0.417 e. The maximum absolute atomic E-state index is 13.2. The Hall–Kier alpha value is -3.74. The van der Waals surface area contributed by atoms with Crippen LogP contribution in [-0.2, 0) is 17.4 Å². The molecule has 0 unspecified atom stereocenters. The molecule has 1 amide bonds. The predicted molar refractivity (Wildman–Crippen MR) is 96.6 cm³/mol. The van der Waals surface area contributed by atoms with Gasteiger partial charge >= 0.3 is 6.18 Å². The fourth-order valence-corrected chi connectivity index (χ4v) is 2.80. The summed E-state index contributed by atoms with van der Waals surface area (Å²) in [5, 5.41) is 11.1. The Kier molecular flexibility index (Phi) is 5.32. The first-order chi connectivity index (χ1) is 13.7. The largest absolute Gasteiger partial charge is 0.417 e. The third kappa shape index (κ3) is 4.40. The number of nitrogens with one attached hydrogen (secondary N) is 2. The first-order valence-corrected chi connectivity index (χ1v) is 8.42. The number of hydrogen-bond acceptors (Lipinski definition) is 5. The maximum atomic E-state index is 13.2. The number of nitrogens with zero attached hydrogens (tertiary/aromatic N) is 3. The summed E-state index contributed by atoms with van der Waals surface area (Å²) in [7, 11) is 0. The lowest BCUT2D eigenvalue weighted by Crippen LogP contribution is -2.31. The number of aromatic amines is 1. The van der Waals surface area contributed by atoms with Crippen molar-refractivity contribution in [2.45, 2.75) is 25.6 Å². The van der Waals surface area contributed by atoms with E-state index in [1.165, 1.54) is 24.5 Å². The van der Waals surface area contributed by atoms with Gasteiger partial charge in [-0.2, -0.15) is 18.4 Å². The molecule has 7 nitrogen and oxygen atoms in total. The summed E-state index contributed by atoms with van der Waals surface area (Å²) < 4.78 is 39.7. The normalized spacial score (nSPS) is 12.4. The van der Waals surface area contributed by atoms with Crippen LogP contribution in [0.1, 0.15) is 35.5 Å². The van der Waals surface area contributed by atoms with E-state index in [-0.39, 0.29) is 27.9 Å². The van der Waals surface area contributed by atoms with Crippen molar-refractivity contribution in [1.82, 2.24) is 20.3 Å². The number of halogens is 3. The van der Waals surface area contributed by atoms with E-state index in [4.69, 9.17) is 5.26 Å². The van der Waals surface area contributed by atoms with Crippen LogP contribution in [-0.4, -0.2) is 20.9 Å². The van der Waals surface area contributed by atoms with Gasteiger partial charge in [0.15, 0.2) is 0 Å². The number of fused-ring (bicyclic) bond motifs is 1. The standard InChI is InChI=1S/C19H14F3N5O2/c1-10(17-24-8-11(7-23)9-25-17)26-16(28)6-12-5-13-14(19(20,21)22)3-2-4-15(13)27-18(12)29/h2-5,8-10H,6H2,1H3,(H,26,28)(H,27,29)/t10-/m1/s1. The van der Waals surface area contributed by atoms with Crippen molar-refractivity contribution in [1.29, 1.82) is 5.26 Å². The van der Waals surface area contributed by atoms with E-state index in [1.807, 2.05) is 6.07 Å². The number of benzene rings is 1. The molecule has 29 heavy (non-hydrogen) atoms. The Morgan fingerprint density at radius 3 is 2.62 bits per heavy atom. The van der Waals surface area contributed by atoms with Crippen LogP contribution >= 0.6 is 0 Å². The van der Waals surface area contributed by atoms with E-state index in [0.29, 0.717) is 0 Å². The fraction of sp³-hybridized carbons (Fsp3) is 0.211. The van der Waals surface area contributed by atoms with Crippen molar-refractivity contribution in [3.8, 4) is 6.07 Å². The van der Waals surface area contributed by atoms with Gasteiger partial charge in [-0.05, 0) is 25.1 Å². The van der Waals surface area contributed by atoms with Crippen LogP contribution in [0.4, 0.5) is 13.2 Å². The molecule has 0 fully saturated rings. The van der Waals surface area contributed by atoms with Gasteiger partial charge in [0.25, 0.3) is 5.56 Å². The zero-order valence-electron chi connectivity index (χ0n) is 15.0. The van der Waals surface area contributed by atoms with Gasteiger partial charge in [-0.3, -0.25) is 9.59 Å². The monoisotopic (exact) mass is 401 g/mol. The van der Waals surface area contributed by atoms with Crippen LogP contribution in [0.5, 0.6) is 0 Å². The third-order valence-electron chi connectivity index (χ3n) is 4.19. The highest BCUT2D eigenvalue weighted by molar-refractivity contribution is 5.85. The van der Waals surface area contributed by atoms with Crippen LogP contribution in [0, 0.1) is 11.3 Å². The molecule has 148 valence electrons. The Labute approximate surface area is 162 Å². The van der Waals surface area contributed by atoms with E-state index in [2.05, 4.69) is 20.3 Å². The summed E-state index contributed by atoms with van der Waals surface area (Å²) in [5.41, 5.74) is -1.34. The first kappa shape index (κ1) is 20.0. The minimum absolute atomic E-state index is 0.0355. The fourth-order valence-electron chi connectivity index (χ4n) is 2.80. The lowest BCUT2D eigenvalue weighted by atomic mass is 10.0. The second-order valence-electron chi connectivity index (χ2n) is 6.30. The molecule has 0 bridgehead atoms. The Bertz CT molecular complexity index is 1160. The van der Waals surface area contributed by atoms with Crippen molar-refractivity contribution in [3.05, 3.63) is 69.5 Å². The molecular weight excluding hydrogens is 387 g/mol. The zero-order valence-corrected chi connectivity index (χ0v) is 15.0. The second-order valence-corrected chi connectivity index (χ2v) is 6.30. The van der Waals surface area contributed by atoms with E-state index < -0.39 is 35.7 Å². The minimum atomic E-state index is -4.60. The molecule has 0 aliphatic heterocycles. The van der Waals surface area contributed by atoms with Crippen LogP contribution < -0.4 is 10.9 Å². The molecule has 2 aromatic heterocycles. The van der Waals surface area contributed by atoms with Crippen molar-refractivity contribution in [2.24, 2.45) is 0 Å². The smallest absolute Gasteiger partial charge is 0.346 e. The molecule has 2 N–H and O–H groups in total. The summed E-state index contributed by atoms with van der Waals surface area (Å²) in [6, 6.07) is 5.80. The van der Waals surface area contributed by atoms with Crippen LogP contribution in [0.15, 0.2) is 41.5 Å². The summed E-state index contributed by atoms with van der Waals surface area (Å²) in [5.74, 6) is -0.330. The van der Waals surface area contributed by atoms with E-state index in [1.54, 1.807) is 6.92 Å². The topological polar surface area (TPSA) is 112 Å². The molecule has 2 heterocycles. The summed E-state index contributed by atoms with van der Waals surface area (Å²) in [6.07, 6.45) is -2.41. The average molecular weight is 401 g/mol. The Balaban J connectivity index is 1.83. The van der Waals surface area contributed by atoms with Crippen LogP contribution in [0.3, 0.4) is 0 Å². The van der Waals surface area contributed by atoms with Crippen molar-refractivity contribution in [2.75, 3.05) is 0 Å². The Morgan fingerprint density at radius 1 is 1.31 bits per heavy atom. The van der Waals surface area contributed by atoms with Gasteiger partial charge in [-0.15, -0.1) is 0 Å². The Morgan fingerprint density at radius 2 is 2.00 bits per heavy atom. The van der Waals surface area contributed by atoms with Gasteiger partial charge in [-0.25, -0.2) is 9.97 Å². The highest BCUT2D eigenvalue weighted by Crippen LogP contribution is 2.34. The summed E-state index contributed by atoms with van der Waals surface area (Å²) in [6.45, 7) is 1.60. The predicted octanol–water partition coefficient (Wildman–Crippen LogP) is 2.63. The number of pyridine rings is 1. The van der Waals surface area contributed by atoms with Gasteiger partial charge < -0.3 is 10.3 Å². The number of nitriles is 1. The minimum Gasteiger partial charge on any atom is -0.346 e. The number of carbonyl (C=O) groups is 1. The van der Waals surface area contributed by atoms with Crippen LogP contribution in [0.25, 0.3) is 10.9 Å². The summed E-state index contributed by atoms with van der Waals surface area (Å²) in [4.78, 5) is 34.8. The quantitative estimate of drug-likeness (QED) is 0.698. The van der Waals surface area contributed by atoms with Gasteiger partial charge in [0.1, 0.15) is 11.9 Å². The van der Waals surface area contributed by atoms with E-state index in [9.17, 15) is 22.8 Å². The number of H-pyrrole nitrogens is 1. The molecule has 0 spiro atoms. The molecule has 0 radical (unpaired) electrons. The van der Waals surface area contributed by atoms with Gasteiger partial charge in [0.2, 0.25) is 5.91 Å². The van der Waals surface area contributed by atoms with Crippen molar-refractivity contribution in [3.63, 3.8) is 0 Å².